The molecule has 0 aliphatic rings. The minimum Gasteiger partial charge on any atom is -0.325 e. The van der Waals surface area contributed by atoms with Crippen LogP contribution in [-0.4, -0.2) is 5.91 Å². The molecule has 1 amide bonds. The van der Waals surface area contributed by atoms with Gasteiger partial charge in [0.2, 0.25) is 5.91 Å². The van der Waals surface area contributed by atoms with Crippen molar-refractivity contribution in [2.45, 2.75) is 13.3 Å². The van der Waals surface area contributed by atoms with Crippen molar-refractivity contribution in [1.29, 1.82) is 0 Å². The molecule has 0 unspecified atom stereocenters. The molecule has 0 heterocycles. The van der Waals surface area contributed by atoms with Gasteiger partial charge in [-0.25, -0.2) is 0 Å². The third kappa shape index (κ3) is 2.95. The molecule has 0 saturated heterocycles. The Hall–Kier alpha value is -2.61. The molecule has 0 bridgehead atoms. The normalized spacial score (nSPS) is 10.5. The molecule has 1 N–H and O–H groups in total. The second-order valence-corrected chi connectivity index (χ2v) is 5.18. The lowest BCUT2D eigenvalue weighted by molar-refractivity contribution is -0.115. The molecule has 2 nitrogen and oxygen atoms in total. The van der Waals surface area contributed by atoms with Crippen LogP contribution in [0.15, 0.2) is 66.7 Å². The number of nitrogens with one attached hydrogen (secondary N) is 1. The van der Waals surface area contributed by atoms with Crippen LogP contribution in [0.5, 0.6) is 0 Å². The summed E-state index contributed by atoms with van der Waals surface area (Å²) in [5.41, 5.74) is 3.08. The lowest BCUT2D eigenvalue weighted by atomic mass is 10.1. The molecule has 3 aromatic carbocycles. The van der Waals surface area contributed by atoms with E-state index < -0.39 is 0 Å². The Bertz CT molecular complexity index is 787. The first-order valence-electron chi connectivity index (χ1n) is 7.06. The van der Waals surface area contributed by atoms with E-state index in [9.17, 15) is 4.79 Å². The van der Waals surface area contributed by atoms with Gasteiger partial charge < -0.3 is 5.32 Å². The largest absolute Gasteiger partial charge is 0.325 e. The van der Waals surface area contributed by atoms with Crippen molar-refractivity contribution < 1.29 is 4.79 Å². The summed E-state index contributed by atoms with van der Waals surface area (Å²) in [4.78, 5) is 12.3. The molecular formula is C19H17NO. The zero-order valence-electron chi connectivity index (χ0n) is 12.0. The molecule has 0 aliphatic heterocycles. The van der Waals surface area contributed by atoms with Crippen LogP contribution < -0.4 is 5.32 Å². The molecule has 21 heavy (non-hydrogen) atoms. The van der Waals surface area contributed by atoms with Crippen molar-refractivity contribution in [3.8, 4) is 0 Å². The standard InChI is InChI=1S/C19H17NO/c1-14-7-2-3-9-16(14)13-19(21)20-18-12-6-10-15-8-4-5-11-17(15)18/h2-12H,13H2,1H3,(H,20,21). The van der Waals surface area contributed by atoms with E-state index in [0.29, 0.717) is 6.42 Å². The second kappa shape index (κ2) is 5.80. The minimum atomic E-state index is 0.0145. The van der Waals surface area contributed by atoms with Crippen molar-refractivity contribution in [3.05, 3.63) is 77.9 Å². The van der Waals surface area contributed by atoms with Gasteiger partial charge in [-0.15, -0.1) is 0 Å². The number of carbonyl (C=O) groups excluding carboxylic acids is 1. The maximum atomic E-state index is 12.3. The first-order chi connectivity index (χ1) is 10.2. The van der Waals surface area contributed by atoms with E-state index in [1.807, 2.05) is 73.7 Å². The Labute approximate surface area is 124 Å². The van der Waals surface area contributed by atoms with Gasteiger partial charge >= 0.3 is 0 Å². The fraction of sp³-hybridized carbons (Fsp3) is 0.105. The molecular weight excluding hydrogens is 258 g/mol. The number of fused-ring (bicyclic) bond motifs is 1. The van der Waals surface area contributed by atoms with Crippen LogP contribution in [0, 0.1) is 6.92 Å². The summed E-state index contributed by atoms with van der Waals surface area (Å²) in [7, 11) is 0. The molecule has 0 atom stereocenters. The number of carbonyl (C=O) groups is 1. The number of amides is 1. The zero-order valence-corrected chi connectivity index (χ0v) is 12.0. The smallest absolute Gasteiger partial charge is 0.228 e. The van der Waals surface area contributed by atoms with Crippen molar-refractivity contribution in [1.82, 2.24) is 0 Å². The lowest BCUT2D eigenvalue weighted by Gasteiger charge is -2.10. The Morgan fingerprint density at radius 1 is 0.905 bits per heavy atom. The highest BCUT2D eigenvalue weighted by atomic mass is 16.1. The van der Waals surface area contributed by atoms with Gasteiger partial charge in [0, 0.05) is 11.1 Å². The van der Waals surface area contributed by atoms with Crippen LogP contribution >= 0.6 is 0 Å². The van der Waals surface area contributed by atoms with Crippen LogP contribution in [0.1, 0.15) is 11.1 Å². The molecule has 2 heteroatoms. The van der Waals surface area contributed by atoms with Gasteiger partial charge in [-0.2, -0.15) is 0 Å². The van der Waals surface area contributed by atoms with E-state index in [1.54, 1.807) is 0 Å². The summed E-state index contributed by atoms with van der Waals surface area (Å²) < 4.78 is 0. The number of aryl methyl sites for hydroxylation is 1. The number of hydrogen-bond donors (Lipinski definition) is 1. The molecule has 3 aromatic rings. The highest BCUT2D eigenvalue weighted by Crippen LogP contribution is 2.23. The first kappa shape index (κ1) is 13.4. The molecule has 3 rings (SSSR count). The van der Waals surface area contributed by atoms with Gasteiger partial charge in [-0.3, -0.25) is 4.79 Å². The number of rotatable bonds is 3. The van der Waals surface area contributed by atoms with Crippen molar-refractivity contribution in [2.75, 3.05) is 5.32 Å². The van der Waals surface area contributed by atoms with Crippen molar-refractivity contribution in [3.63, 3.8) is 0 Å². The van der Waals surface area contributed by atoms with Crippen LogP contribution in [0.25, 0.3) is 10.8 Å². The third-order valence-corrected chi connectivity index (χ3v) is 3.68. The third-order valence-electron chi connectivity index (χ3n) is 3.68. The van der Waals surface area contributed by atoms with Crippen LogP contribution in [0.4, 0.5) is 5.69 Å². The highest BCUT2D eigenvalue weighted by molar-refractivity contribution is 6.02. The predicted molar refractivity (Wildman–Crippen MR) is 87.5 cm³/mol. The average Bonchev–Trinajstić information content (AvgIpc) is 2.50. The van der Waals surface area contributed by atoms with Gasteiger partial charge in [0.25, 0.3) is 0 Å². The summed E-state index contributed by atoms with van der Waals surface area (Å²) in [5.74, 6) is 0.0145. The molecule has 0 saturated carbocycles. The maximum absolute atomic E-state index is 12.3. The van der Waals surface area contributed by atoms with Crippen LogP contribution in [-0.2, 0) is 11.2 Å². The topological polar surface area (TPSA) is 29.1 Å². The summed E-state index contributed by atoms with van der Waals surface area (Å²) in [5, 5.41) is 5.22. The first-order valence-corrected chi connectivity index (χ1v) is 7.06. The van der Waals surface area contributed by atoms with E-state index >= 15 is 0 Å². The SMILES string of the molecule is Cc1ccccc1CC(=O)Nc1cccc2ccccc12. The van der Waals surface area contributed by atoms with E-state index in [1.165, 1.54) is 0 Å². The molecule has 0 fully saturated rings. The average molecular weight is 275 g/mol. The Balaban J connectivity index is 1.82. The summed E-state index contributed by atoms with van der Waals surface area (Å²) >= 11 is 0. The van der Waals surface area contributed by atoms with Gasteiger partial charge in [0.15, 0.2) is 0 Å². The van der Waals surface area contributed by atoms with E-state index in [2.05, 4.69) is 5.32 Å². The van der Waals surface area contributed by atoms with Crippen LogP contribution in [0.3, 0.4) is 0 Å². The summed E-state index contributed by atoms with van der Waals surface area (Å²) in [6.45, 7) is 2.03. The van der Waals surface area contributed by atoms with Gasteiger partial charge in [0.1, 0.15) is 0 Å². The van der Waals surface area contributed by atoms with E-state index in [-0.39, 0.29) is 5.91 Å². The second-order valence-electron chi connectivity index (χ2n) is 5.18. The van der Waals surface area contributed by atoms with Crippen molar-refractivity contribution >= 4 is 22.4 Å². The van der Waals surface area contributed by atoms with E-state index in [4.69, 9.17) is 0 Å². The molecule has 0 aromatic heterocycles. The van der Waals surface area contributed by atoms with Gasteiger partial charge in [0.05, 0.1) is 6.42 Å². The highest BCUT2D eigenvalue weighted by Gasteiger charge is 2.07. The monoisotopic (exact) mass is 275 g/mol. The van der Waals surface area contributed by atoms with Gasteiger partial charge in [-0.1, -0.05) is 60.7 Å². The summed E-state index contributed by atoms with van der Waals surface area (Å²) in [6.07, 6.45) is 0.399. The quantitative estimate of drug-likeness (QED) is 0.757. The number of hydrogen-bond acceptors (Lipinski definition) is 1. The Morgan fingerprint density at radius 3 is 2.48 bits per heavy atom. The zero-order chi connectivity index (χ0) is 14.7. The molecule has 104 valence electrons. The minimum absolute atomic E-state index is 0.0145. The Kier molecular flexibility index (Phi) is 3.69. The fourth-order valence-corrected chi connectivity index (χ4v) is 2.51. The van der Waals surface area contributed by atoms with Crippen LogP contribution in [0.2, 0.25) is 0 Å². The predicted octanol–water partition coefficient (Wildman–Crippen LogP) is 4.33. The molecule has 0 spiro atoms. The Morgan fingerprint density at radius 2 is 1.62 bits per heavy atom. The summed E-state index contributed by atoms with van der Waals surface area (Å²) in [6, 6.07) is 22.0. The fourth-order valence-electron chi connectivity index (χ4n) is 2.51. The maximum Gasteiger partial charge on any atom is 0.228 e. The number of anilines is 1. The molecule has 0 radical (unpaired) electrons. The lowest BCUT2D eigenvalue weighted by Crippen LogP contribution is -2.15. The number of benzene rings is 3. The van der Waals surface area contributed by atoms with Crippen molar-refractivity contribution in [2.24, 2.45) is 0 Å². The molecule has 0 aliphatic carbocycles. The van der Waals surface area contributed by atoms with Gasteiger partial charge in [-0.05, 0) is 29.5 Å². The van der Waals surface area contributed by atoms with E-state index in [0.717, 1.165) is 27.6 Å².